The molecule has 0 bridgehead atoms. The Labute approximate surface area is 183 Å². The van der Waals surface area contributed by atoms with E-state index < -0.39 is 0 Å². The summed E-state index contributed by atoms with van der Waals surface area (Å²) >= 11 is 0. The van der Waals surface area contributed by atoms with Gasteiger partial charge in [-0.3, -0.25) is 0 Å². The Morgan fingerprint density at radius 1 is 0.516 bits per heavy atom. The predicted molar refractivity (Wildman–Crippen MR) is 131 cm³/mol. The molecule has 2 aliphatic rings. The molecule has 0 aliphatic heterocycles. The summed E-state index contributed by atoms with van der Waals surface area (Å²) in [5.74, 6) is 0. The van der Waals surface area contributed by atoms with Crippen LogP contribution in [-0.4, -0.2) is 0 Å². The lowest BCUT2D eigenvalue weighted by Gasteiger charge is -2.31. The summed E-state index contributed by atoms with van der Waals surface area (Å²) in [5, 5.41) is 0. The van der Waals surface area contributed by atoms with Crippen LogP contribution in [0.3, 0.4) is 0 Å². The van der Waals surface area contributed by atoms with Crippen LogP contribution in [0.1, 0.15) is 22.3 Å². The first kappa shape index (κ1) is 17.9. The molecule has 4 aromatic rings. The number of hydrogen-bond donors (Lipinski definition) is 0. The highest BCUT2D eigenvalue weighted by atomic mass is 14.5. The molecular weight excluding hydrogens is 372 g/mol. The van der Waals surface area contributed by atoms with Gasteiger partial charge in [0, 0.05) is 0 Å². The van der Waals surface area contributed by atoms with Gasteiger partial charge in [-0.15, -0.1) is 0 Å². The first-order valence-corrected chi connectivity index (χ1v) is 10.7. The van der Waals surface area contributed by atoms with E-state index in [1.165, 1.54) is 55.7 Å². The van der Waals surface area contributed by atoms with Gasteiger partial charge in [0.1, 0.15) is 0 Å². The lowest BCUT2D eigenvalue weighted by atomic mass is 9.69. The van der Waals surface area contributed by atoms with Crippen molar-refractivity contribution >= 4 is 5.57 Å². The van der Waals surface area contributed by atoms with Crippen LogP contribution >= 0.6 is 0 Å². The Morgan fingerprint density at radius 2 is 1.13 bits per heavy atom. The third-order valence-electron chi connectivity index (χ3n) is 6.88. The molecule has 0 heteroatoms. The summed E-state index contributed by atoms with van der Waals surface area (Å²) < 4.78 is 0. The quantitative estimate of drug-likeness (QED) is 0.332. The van der Waals surface area contributed by atoms with Gasteiger partial charge in [-0.05, 0) is 61.7 Å². The van der Waals surface area contributed by atoms with Crippen molar-refractivity contribution in [3.05, 3.63) is 150 Å². The summed E-state index contributed by atoms with van der Waals surface area (Å²) in [6, 6.07) is 35.1. The van der Waals surface area contributed by atoms with E-state index in [1.807, 2.05) is 12.2 Å². The third kappa shape index (κ3) is 2.20. The lowest BCUT2D eigenvalue weighted by Crippen LogP contribution is -2.26. The first-order chi connectivity index (χ1) is 15.3. The first-order valence-electron chi connectivity index (χ1n) is 10.7. The Bertz CT molecular complexity index is 1350. The zero-order chi connectivity index (χ0) is 21.0. The van der Waals surface area contributed by atoms with Crippen LogP contribution < -0.4 is 0 Å². The van der Waals surface area contributed by atoms with Gasteiger partial charge in [0.25, 0.3) is 0 Å². The highest BCUT2D eigenvalue weighted by molar-refractivity contribution is 5.98. The highest BCUT2D eigenvalue weighted by Gasteiger charge is 2.51. The number of allylic oxidation sites excluding steroid dienone is 4. The van der Waals surface area contributed by atoms with Crippen molar-refractivity contribution in [2.24, 2.45) is 0 Å². The minimum absolute atomic E-state index is 0.363. The molecule has 0 aromatic heterocycles. The summed E-state index contributed by atoms with van der Waals surface area (Å²) in [6.07, 6.45) is 4.04. The van der Waals surface area contributed by atoms with Gasteiger partial charge in [-0.2, -0.15) is 0 Å². The molecule has 0 saturated heterocycles. The SMILES string of the molecule is C=CC1=C(C=C)C2(c3cc(-c4ccccc4)ccc31)c1ccccc1-c1ccccc12. The van der Waals surface area contributed by atoms with Crippen molar-refractivity contribution in [2.45, 2.75) is 5.41 Å². The number of rotatable bonds is 3. The molecule has 0 radical (unpaired) electrons. The van der Waals surface area contributed by atoms with Crippen molar-refractivity contribution in [3.8, 4) is 22.3 Å². The smallest absolute Gasteiger partial charge is 0.0725 e. The number of fused-ring (bicyclic) bond motifs is 7. The maximum Gasteiger partial charge on any atom is 0.0725 e. The molecular formula is C31H22. The second-order valence-electron chi connectivity index (χ2n) is 8.20. The van der Waals surface area contributed by atoms with Crippen LogP contribution in [-0.2, 0) is 5.41 Å². The number of benzene rings is 4. The second kappa shape index (κ2) is 6.55. The molecule has 0 unspecified atom stereocenters. The van der Waals surface area contributed by atoms with Crippen molar-refractivity contribution in [1.82, 2.24) is 0 Å². The molecule has 0 N–H and O–H groups in total. The predicted octanol–water partition coefficient (Wildman–Crippen LogP) is 7.81. The molecule has 0 amide bonds. The number of hydrogen-bond acceptors (Lipinski definition) is 0. The fourth-order valence-electron chi connectivity index (χ4n) is 5.69. The van der Waals surface area contributed by atoms with E-state index in [0.29, 0.717) is 0 Å². The van der Waals surface area contributed by atoms with Crippen molar-refractivity contribution < 1.29 is 0 Å². The molecule has 4 aromatic carbocycles. The Balaban J connectivity index is 1.77. The minimum Gasteiger partial charge on any atom is -0.0987 e. The normalized spacial score (nSPS) is 14.8. The fraction of sp³-hybridized carbons (Fsp3) is 0.0323. The maximum absolute atomic E-state index is 4.26. The monoisotopic (exact) mass is 394 g/mol. The van der Waals surface area contributed by atoms with Gasteiger partial charge in [0.05, 0.1) is 5.41 Å². The van der Waals surface area contributed by atoms with E-state index in [1.54, 1.807) is 0 Å². The standard InChI is InChI=1S/C31H22/c1-3-23-26-19-18-22(21-12-6-5-7-13-21)20-30(26)31(27(23)4-2)28-16-10-8-14-24(28)25-15-9-11-17-29(25)31/h3-20H,1-2H2. The van der Waals surface area contributed by atoms with Crippen molar-refractivity contribution in [1.29, 1.82) is 0 Å². The topological polar surface area (TPSA) is 0 Å². The van der Waals surface area contributed by atoms with E-state index in [9.17, 15) is 0 Å². The average molecular weight is 395 g/mol. The molecule has 0 heterocycles. The third-order valence-corrected chi connectivity index (χ3v) is 6.88. The maximum atomic E-state index is 4.26. The van der Waals surface area contributed by atoms with Gasteiger partial charge in [-0.25, -0.2) is 0 Å². The molecule has 0 fully saturated rings. The zero-order valence-corrected chi connectivity index (χ0v) is 17.3. The van der Waals surface area contributed by atoms with E-state index in [4.69, 9.17) is 0 Å². The summed E-state index contributed by atoms with van der Waals surface area (Å²) in [6.45, 7) is 8.44. The lowest BCUT2D eigenvalue weighted by molar-refractivity contribution is 0.787. The minimum atomic E-state index is -0.363. The van der Waals surface area contributed by atoms with Crippen LogP contribution in [0, 0.1) is 0 Å². The van der Waals surface area contributed by atoms with E-state index >= 15 is 0 Å². The molecule has 146 valence electrons. The van der Waals surface area contributed by atoms with E-state index in [-0.39, 0.29) is 5.41 Å². The average Bonchev–Trinajstić information content (AvgIpc) is 3.30. The van der Waals surface area contributed by atoms with E-state index in [2.05, 4.69) is 110 Å². The second-order valence-corrected chi connectivity index (χ2v) is 8.20. The van der Waals surface area contributed by atoms with Crippen LogP contribution in [0.2, 0.25) is 0 Å². The van der Waals surface area contributed by atoms with Gasteiger partial charge < -0.3 is 0 Å². The summed E-state index contributed by atoms with van der Waals surface area (Å²) in [7, 11) is 0. The van der Waals surface area contributed by atoms with Crippen LogP contribution in [0.4, 0.5) is 0 Å². The molecule has 0 nitrogen and oxygen atoms in total. The highest BCUT2D eigenvalue weighted by Crippen LogP contribution is 2.62. The van der Waals surface area contributed by atoms with Gasteiger partial charge >= 0.3 is 0 Å². The van der Waals surface area contributed by atoms with Crippen LogP contribution in [0.5, 0.6) is 0 Å². The molecule has 1 spiro atoms. The molecule has 31 heavy (non-hydrogen) atoms. The fourth-order valence-corrected chi connectivity index (χ4v) is 5.69. The molecule has 6 rings (SSSR count). The molecule has 0 atom stereocenters. The molecule has 0 saturated carbocycles. The van der Waals surface area contributed by atoms with Gasteiger partial charge in [-0.1, -0.05) is 116 Å². The van der Waals surface area contributed by atoms with E-state index in [0.717, 1.165) is 0 Å². The molecule has 2 aliphatic carbocycles. The van der Waals surface area contributed by atoms with Gasteiger partial charge in [0.15, 0.2) is 0 Å². The van der Waals surface area contributed by atoms with Gasteiger partial charge in [0.2, 0.25) is 0 Å². The van der Waals surface area contributed by atoms with Crippen molar-refractivity contribution in [3.63, 3.8) is 0 Å². The largest absolute Gasteiger partial charge is 0.0987 e. The Hall–Kier alpha value is -3.90. The van der Waals surface area contributed by atoms with Crippen molar-refractivity contribution in [2.75, 3.05) is 0 Å². The van der Waals surface area contributed by atoms with Crippen LogP contribution in [0.25, 0.3) is 27.8 Å². The van der Waals surface area contributed by atoms with Crippen LogP contribution in [0.15, 0.2) is 128 Å². The zero-order valence-electron chi connectivity index (χ0n) is 17.3. The summed E-state index contributed by atoms with van der Waals surface area (Å²) in [5.41, 5.74) is 12.3. The Morgan fingerprint density at radius 3 is 1.74 bits per heavy atom. The Kier molecular flexibility index (Phi) is 3.79. The summed E-state index contributed by atoms with van der Waals surface area (Å²) in [4.78, 5) is 0.